The van der Waals surface area contributed by atoms with Crippen molar-refractivity contribution in [2.45, 2.75) is 26.4 Å². The average Bonchev–Trinajstić information content (AvgIpc) is 3.03. The van der Waals surface area contributed by atoms with E-state index in [1.54, 1.807) is 24.3 Å². The summed E-state index contributed by atoms with van der Waals surface area (Å²) in [5.41, 5.74) is 1.70. The third kappa shape index (κ3) is 3.52. The van der Waals surface area contributed by atoms with Gasteiger partial charge in [-0.1, -0.05) is 0 Å². The van der Waals surface area contributed by atoms with E-state index in [4.69, 9.17) is 0 Å². The number of benzene rings is 1. The summed E-state index contributed by atoms with van der Waals surface area (Å²) in [6.07, 6.45) is 1.88. The largest absolute Gasteiger partial charge is 0.465 e. The third-order valence-corrected chi connectivity index (χ3v) is 3.34. The molecule has 1 amide bonds. The molecule has 0 bridgehead atoms. The summed E-state index contributed by atoms with van der Waals surface area (Å²) in [6, 6.07) is 8.02. The molecule has 0 fully saturated rings. The lowest BCUT2D eigenvalue weighted by atomic mass is 10.1. The molecular formula is C16H19N3O3. The van der Waals surface area contributed by atoms with Crippen molar-refractivity contribution in [2.24, 2.45) is 0 Å². The van der Waals surface area contributed by atoms with Crippen LogP contribution in [0.4, 0.5) is 0 Å². The molecule has 0 radical (unpaired) electrons. The Bertz CT molecular complexity index is 662. The molecule has 6 heteroatoms. The van der Waals surface area contributed by atoms with Crippen molar-refractivity contribution < 1.29 is 14.3 Å². The van der Waals surface area contributed by atoms with Crippen LogP contribution in [0.1, 0.15) is 46.3 Å². The first-order valence-electron chi connectivity index (χ1n) is 7.07. The van der Waals surface area contributed by atoms with Gasteiger partial charge in [0.25, 0.3) is 5.91 Å². The van der Waals surface area contributed by atoms with Crippen molar-refractivity contribution in [1.82, 2.24) is 15.1 Å². The molecule has 0 spiro atoms. The van der Waals surface area contributed by atoms with Gasteiger partial charge in [0.2, 0.25) is 0 Å². The van der Waals surface area contributed by atoms with Crippen LogP contribution in [0, 0.1) is 0 Å². The first-order valence-corrected chi connectivity index (χ1v) is 7.07. The average molecular weight is 301 g/mol. The number of carbonyl (C=O) groups excluding carboxylic acids is 2. The molecule has 1 heterocycles. The van der Waals surface area contributed by atoms with E-state index in [1.807, 2.05) is 30.8 Å². The topological polar surface area (TPSA) is 73.2 Å². The zero-order chi connectivity index (χ0) is 16.1. The fourth-order valence-corrected chi connectivity index (χ4v) is 2.01. The number of hydrogen-bond acceptors (Lipinski definition) is 4. The van der Waals surface area contributed by atoms with E-state index in [0.717, 1.165) is 12.2 Å². The monoisotopic (exact) mass is 301 g/mol. The fraction of sp³-hybridized carbons (Fsp3) is 0.312. The van der Waals surface area contributed by atoms with Gasteiger partial charge >= 0.3 is 5.97 Å². The predicted molar refractivity (Wildman–Crippen MR) is 81.6 cm³/mol. The maximum absolute atomic E-state index is 12.2. The van der Waals surface area contributed by atoms with Crippen LogP contribution in [0.5, 0.6) is 0 Å². The molecule has 0 saturated heterocycles. The second-order valence-electron chi connectivity index (χ2n) is 4.86. The van der Waals surface area contributed by atoms with Crippen LogP contribution in [0.15, 0.2) is 36.5 Å². The molecule has 0 aliphatic rings. The SMILES string of the molecule is CCn1ccc(C(C)NC(=O)c2ccc(C(=O)OC)cc2)n1. The number of aryl methyl sites for hydroxylation is 1. The number of amides is 1. The minimum atomic E-state index is -0.426. The third-order valence-electron chi connectivity index (χ3n) is 3.34. The minimum Gasteiger partial charge on any atom is -0.465 e. The Kier molecular flexibility index (Phi) is 4.93. The molecule has 0 aliphatic heterocycles. The number of nitrogens with zero attached hydrogens (tertiary/aromatic N) is 2. The van der Waals surface area contributed by atoms with E-state index in [0.29, 0.717) is 11.1 Å². The van der Waals surface area contributed by atoms with E-state index < -0.39 is 5.97 Å². The maximum atomic E-state index is 12.2. The molecular weight excluding hydrogens is 282 g/mol. The number of aromatic nitrogens is 2. The molecule has 1 atom stereocenters. The zero-order valence-corrected chi connectivity index (χ0v) is 12.9. The smallest absolute Gasteiger partial charge is 0.337 e. The van der Waals surface area contributed by atoms with Crippen molar-refractivity contribution in [3.05, 3.63) is 53.3 Å². The summed E-state index contributed by atoms with van der Waals surface area (Å²) >= 11 is 0. The number of nitrogens with one attached hydrogen (secondary N) is 1. The van der Waals surface area contributed by atoms with Crippen LogP contribution in [-0.4, -0.2) is 28.8 Å². The lowest BCUT2D eigenvalue weighted by molar-refractivity contribution is 0.0600. The minimum absolute atomic E-state index is 0.194. The van der Waals surface area contributed by atoms with E-state index in [-0.39, 0.29) is 11.9 Å². The van der Waals surface area contributed by atoms with Crippen LogP contribution < -0.4 is 5.32 Å². The van der Waals surface area contributed by atoms with Crippen LogP contribution in [-0.2, 0) is 11.3 Å². The highest BCUT2D eigenvalue weighted by atomic mass is 16.5. The van der Waals surface area contributed by atoms with Gasteiger partial charge in [0.05, 0.1) is 24.4 Å². The Hall–Kier alpha value is -2.63. The molecule has 1 unspecified atom stereocenters. The molecule has 0 saturated carbocycles. The van der Waals surface area contributed by atoms with E-state index in [1.165, 1.54) is 7.11 Å². The highest BCUT2D eigenvalue weighted by Gasteiger charge is 2.14. The quantitative estimate of drug-likeness (QED) is 0.859. The maximum Gasteiger partial charge on any atom is 0.337 e. The van der Waals surface area contributed by atoms with Crippen molar-refractivity contribution in [2.75, 3.05) is 7.11 Å². The number of rotatable bonds is 5. The van der Waals surface area contributed by atoms with Crippen molar-refractivity contribution in [3.63, 3.8) is 0 Å². The van der Waals surface area contributed by atoms with Gasteiger partial charge in [-0.25, -0.2) is 4.79 Å². The Labute approximate surface area is 129 Å². The number of hydrogen-bond donors (Lipinski definition) is 1. The summed E-state index contributed by atoms with van der Waals surface area (Å²) in [6.45, 7) is 4.67. The van der Waals surface area contributed by atoms with Crippen molar-refractivity contribution in [1.29, 1.82) is 0 Å². The Morgan fingerprint density at radius 1 is 1.23 bits per heavy atom. The normalized spacial score (nSPS) is 11.8. The first kappa shape index (κ1) is 15.8. The molecule has 1 aromatic heterocycles. The summed E-state index contributed by atoms with van der Waals surface area (Å²) < 4.78 is 6.43. The lowest BCUT2D eigenvalue weighted by Crippen LogP contribution is -2.27. The van der Waals surface area contributed by atoms with Gasteiger partial charge in [0, 0.05) is 18.3 Å². The molecule has 2 aromatic rings. The number of ether oxygens (including phenoxy) is 1. The molecule has 22 heavy (non-hydrogen) atoms. The number of esters is 1. The van der Waals surface area contributed by atoms with Gasteiger partial charge in [-0.3, -0.25) is 9.48 Å². The van der Waals surface area contributed by atoms with Crippen molar-refractivity contribution >= 4 is 11.9 Å². The first-order chi connectivity index (χ1) is 10.5. The molecule has 6 nitrogen and oxygen atoms in total. The number of methoxy groups -OCH3 is 1. The standard InChI is InChI=1S/C16H19N3O3/c1-4-19-10-9-14(18-19)11(2)17-15(20)12-5-7-13(8-6-12)16(21)22-3/h5-11H,4H2,1-3H3,(H,17,20). The fourth-order valence-electron chi connectivity index (χ4n) is 2.01. The molecule has 116 valence electrons. The van der Waals surface area contributed by atoms with E-state index >= 15 is 0 Å². The number of carbonyl (C=O) groups is 2. The van der Waals surface area contributed by atoms with Crippen LogP contribution in [0.25, 0.3) is 0 Å². The van der Waals surface area contributed by atoms with Crippen molar-refractivity contribution in [3.8, 4) is 0 Å². The zero-order valence-electron chi connectivity index (χ0n) is 12.9. The summed E-state index contributed by atoms with van der Waals surface area (Å²) in [4.78, 5) is 23.5. The van der Waals surface area contributed by atoms with Gasteiger partial charge in [-0.05, 0) is 44.2 Å². The highest BCUT2D eigenvalue weighted by molar-refractivity contribution is 5.96. The summed E-state index contributed by atoms with van der Waals surface area (Å²) in [7, 11) is 1.32. The molecule has 1 aromatic carbocycles. The Morgan fingerprint density at radius 2 is 1.86 bits per heavy atom. The van der Waals surface area contributed by atoms with Crippen LogP contribution in [0.2, 0.25) is 0 Å². The lowest BCUT2D eigenvalue weighted by Gasteiger charge is -2.12. The highest BCUT2D eigenvalue weighted by Crippen LogP contribution is 2.11. The summed E-state index contributed by atoms with van der Waals surface area (Å²) in [5.74, 6) is -0.639. The summed E-state index contributed by atoms with van der Waals surface area (Å²) in [5, 5.41) is 7.25. The van der Waals surface area contributed by atoms with Gasteiger partial charge in [0.15, 0.2) is 0 Å². The second kappa shape index (κ2) is 6.89. The molecule has 2 rings (SSSR count). The van der Waals surface area contributed by atoms with E-state index in [9.17, 15) is 9.59 Å². The van der Waals surface area contributed by atoms with Crippen LogP contribution >= 0.6 is 0 Å². The van der Waals surface area contributed by atoms with E-state index in [2.05, 4.69) is 15.2 Å². The van der Waals surface area contributed by atoms with Crippen LogP contribution in [0.3, 0.4) is 0 Å². The van der Waals surface area contributed by atoms with Gasteiger partial charge in [0.1, 0.15) is 0 Å². The second-order valence-corrected chi connectivity index (χ2v) is 4.86. The molecule has 0 aliphatic carbocycles. The van der Waals surface area contributed by atoms with Gasteiger partial charge in [-0.15, -0.1) is 0 Å². The Morgan fingerprint density at radius 3 is 2.41 bits per heavy atom. The van der Waals surface area contributed by atoms with Gasteiger partial charge < -0.3 is 10.1 Å². The molecule has 1 N–H and O–H groups in total. The predicted octanol–water partition coefficient (Wildman–Crippen LogP) is 2.18. The van der Waals surface area contributed by atoms with Gasteiger partial charge in [-0.2, -0.15) is 5.10 Å². The Balaban J connectivity index is 2.03.